The molecule has 0 bridgehead atoms. The maximum Gasteiger partial charge on any atom is 0.247 e. The zero-order valence-corrected chi connectivity index (χ0v) is 13.3. The van der Waals surface area contributed by atoms with Crippen molar-refractivity contribution in [3.63, 3.8) is 0 Å². The zero-order valence-electron chi connectivity index (χ0n) is 12.5. The van der Waals surface area contributed by atoms with Gasteiger partial charge in [0, 0.05) is 19.0 Å². The summed E-state index contributed by atoms with van der Waals surface area (Å²) in [6.07, 6.45) is 0.246. The van der Waals surface area contributed by atoms with Crippen molar-refractivity contribution in [2.45, 2.75) is 24.9 Å². The van der Waals surface area contributed by atoms with Crippen LogP contribution in [0.1, 0.15) is 18.9 Å². The summed E-state index contributed by atoms with van der Waals surface area (Å²) in [5.74, 6) is -0.821. The van der Waals surface area contributed by atoms with Gasteiger partial charge in [-0.2, -0.15) is 0 Å². The van der Waals surface area contributed by atoms with Crippen molar-refractivity contribution in [2.75, 3.05) is 19.8 Å². The summed E-state index contributed by atoms with van der Waals surface area (Å²) in [5, 5.41) is 5.95. The van der Waals surface area contributed by atoms with E-state index in [0.29, 0.717) is 18.8 Å². The molecule has 2 amide bonds. The second-order valence-electron chi connectivity index (χ2n) is 5.33. The number of ether oxygens (including phenoxy) is 1. The van der Waals surface area contributed by atoms with E-state index in [4.69, 9.17) is 10.5 Å². The van der Waals surface area contributed by atoms with Gasteiger partial charge >= 0.3 is 0 Å². The summed E-state index contributed by atoms with van der Waals surface area (Å²) in [4.78, 5) is 24.0. The molecule has 0 aliphatic carbocycles. The molecule has 1 fully saturated rings. The quantitative estimate of drug-likeness (QED) is 0.725. The minimum absolute atomic E-state index is 0. The maximum atomic E-state index is 12.2. The van der Waals surface area contributed by atoms with Crippen LogP contribution in [0.25, 0.3) is 0 Å². The minimum Gasteiger partial charge on any atom is -0.378 e. The fourth-order valence-electron chi connectivity index (χ4n) is 2.35. The number of primary amides is 1. The van der Waals surface area contributed by atoms with E-state index in [1.54, 1.807) is 31.2 Å². The third-order valence-electron chi connectivity index (χ3n) is 3.66. The summed E-state index contributed by atoms with van der Waals surface area (Å²) in [5.41, 5.74) is 4.94. The van der Waals surface area contributed by atoms with E-state index < -0.39 is 11.4 Å². The first-order chi connectivity index (χ1) is 10.0. The molecule has 2 atom stereocenters. The van der Waals surface area contributed by atoms with Crippen LogP contribution >= 0.6 is 12.4 Å². The number of nitrogens with two attached hydrogens (primary N) is 1. The van der Waals surface area contributed by atoms with Crippen LogP contribution in [0.4, 0.5) is 0 Å². The Morgan fingerprint density at radius 3 is 2.64 bits per heavy atom. The molecule has 7 heteroatoms. The van der Waals surface area contributed by atoms with Gasteiger partial charge in [-0.15, -0.1) is 12.4 Å². The predicted molar refractivity (Wildman–Crippen MR) is 85.6 cm³/mol. The Morgan fingerprint density at radius 1 is 1.41 bits per heavy atom. The van der Waals surface area contributed by atoms with E-state index in [-0.39, 0.29) is 30.8 Å². The van der Waals surface area contributed by atoms with E-state index in [9.17, 15) is 9.59 Å². The standard InChI is InChI=1S/C15H21N3O3.ClH/c1-15(14(16)20,11-5-3-2-4-6-11)18-13(19)9-12-10-21-8-7-17-12;/h2-6,12,17H,7-10H2,1H3,(H2,16,20)(H,18,19);1H. The molecule has 2 rings (SSSR count). The van der Waals surface area contributed by atoms with Crippen LogP contribution in [0, 0.1) is 0 Å². The molecule has 1 aliphatic heterocycles. The Labute approximate surface area is 136 Å². The summed E-state index contributed by atoms with van der Waals surface area (Å²) >= 11 is 0. The smallest absolute Gasteiger partial charge is 0.247 e. The third kappa shape index (κ3) is 4.43. The van der Waals surface area contributed by atoms with Crippen LogP contribution in [0.15, 0.2) is 30.3 Å². The summed E-state index contributed by atoms with van der Waals surface area (Å²) in [6.45, 7) is 3.49. The fourth-order valence-corrected chi connectivity index (χ4v) is 2.35. The van der Waals surface area contributed by atoms with Crippen molar-refractivity contribution in [2.24, 2.45) is 5.73 Å². The van der Waals surface area contributed by atoms with Crippen molar-refractivity contribution >= 4 is 24.2 Å². The average molecular weight is 328 g/mol. The monoisotopic (exact) mass is 327 g/mol. The number of halogens is 1. The lowest BCUT2D eigenvalue weighted by Gasteiger charge is -2.30. The molecule has 0 spiro atoms. The molecular formula is C15H22ClN3O3. The van der Waals surface area contributed by atoms with Gasteiger partial charge in [0.25, 0.3) is 0 Å². The van der Waals surface area contributed by atoms with Gasteiger partial charge in [0.15, 0.2) is 0 Å². The Bertz CT molecular complexity index is 506. The maximum absolute atomic E-state index is 12.2. The van der Waals surface area contributed by atoms with Crippen molar-refractivity contribution in [3.8, 4) is 0 Å². The molecule has 1 saturated heterocycles. The summed E-state index contributed by atoms with van der Waals surface area (Å²) in [7, 11) is 0. The van der Waals surface area contributed by atoms with Crippen LogP contribution in [0.5, 0.6) is 0 Å². The lowest BCUT2D eigenvalue weighted by atomic mass is 9.91. The van der Waals surface area contributed by atoms with Crippen LogP contribution in [-0.2, 0) is 19.9 Å². The number of morpholine rings is 1. The molecule has 0 saturated carbocycles. The van der Waals surface area contributed by atoms with Crippen LogP contribution in [0.3, 0.4) is 0 Å². The van der Waals surface area contributed by atoms with Gasteiger partial charge in [0.05, 0.1) is 13.2 Å². The Morgan fingerprint density at radius 2 is 2.09 bits per heavy atom. The lowest BCUT2D eigenvalue weighted by Crippen LogP contribution is -2.54. The third-order valence-corrected chi connectivity index (χ3v) is 3.66. The largest absolute Gasteiger partial charge is 0.378 e. The second kappa shape index (κ2) is 8.12. The molecular weight excluding hydrogens is 306 g/mol. The van der Waals surface area contributed by atoms with E-state index in [0.717, 1.165) is 6.54 Å². The highest BCUT2D eigenvalue weighted by molar-refractivity contribution is 5.91. The number of hydrogen-bond acceptors (Lipinski definition) is 4. The van der Waals surface area contributed by atoms with Gasteiger partial charge in [0.2, 0.25) is 11.8 Å². The Kier molecular flexibility index (Phi) is 6.80. The Balaban J connectivity index is 0.00000242. The first kappa shape index (κ1) is 18.4. The predicted octanol–water partition coefficient (Wildman–Crippen LogP) is 0.304. The molecule has 1 aromatic rings. The van der Waals surface area contributed by atoms with Crippen molar-refractivity contribution in [3.05, 3.63) is 35.9 Å². The lowest BCUT2D eigenvalue weighted by molar-refractivity contribution is -0.132. The van der Waals surface area contributed by atoms with Gasteiger partial charge in [-0.05, 0) is 12.5 Å². The number of hydrogen-bond donors (Lipinski definition) is 3. The molecule has 0 radical (unpaired) electrons. The highest BCUT2D eigenvalue weighted by Crippen LogP contribution is 2.20. The van der Waals surface area contributed by atoms with Gasteiger partial charge < -0.3 is 21.1 Å². The molecule has 4 N–H and O–H groups in total. The van der Waals surface area contributed by atoms with Crippen molar-refractivity contribution in [1.29, 1.82) is 0 Å². The fraction of sp³-hybridized carbons (Fsp3) is 0.467. The number of nitrogens with one attached hydrogen (secondary N) is 2. The van der Waals surface area contributed by atoms with E-state index in [1.165, 1.54) is 0 Å². The molecule has 1 heterocycles. The van der Waals surface area contributed by atoms with Crippen LogP contribution < -0.4 is 16.4 Å². The summed E-state index contributed by atoms with van der Waals surface area (Å²) < 4.78 is 5.31. The average Bonchev–Trinajstić information content (AvgIpc) is 2.48. The molecule has 0 aromatic heterocycles. The molecule has 1 aromatic carbocycles. The summed E-state index contributed by atoms with van der Waals surface area (Å²) in [6, 6.07) is 8.96. The normalized spacial score (nSPS) is 20.3. The number of carbonyl (C=O) groups is 2. The zero-order chi connectivity index (χ0) is 15.3. The molecule has 22 heavy (non-hydrogen) atoms. The van der Waals surface area contributed by atoms with Gasteiger partial charge in [0.1, 0.15) is 5.54 Å². The highest BCUT2D eigenvalue weighted by Gasteiger charge is 2.35. The first-order valence-corrected chi connectivity index (χ1v) is 7.00. The van der Waals surface area contributed by atoms with Gasteiger partial charge in [-0.25, -0.2) is 0 Å². The molecule has 6 nitrogen and oxygen atoms in total. The van der Waals surface area contributed by atoms with E-state index in [1.807, 2.05) is 6.07 Å². The van der Waals surface area contributed by atoms with E-state index >= 15 is 0 Å². The van der Waals surface area contributed by atoms with Crippen molar-refractivity contribution < 1.29 is 14.3 Å². The first-order valence-electron chi connectivity index (χ1n) is 7.00. The molecule has 2 unspecified atom stereocenters. The Hall–Kier alpha value is -1.63. The number of amides is 2. The number of carbonyl (C=O) groups excluding carboxylic acids is 2. The highest BCUT2D eigenvalue weighted by atomic mass is 35.5. The van der Waals surface area contributed by atoms with Crippen LogP contribution in [0.2, 0.25) is 0 Å². The van der Waals surface area contributed by atoms with Crippen LogP contribution in [-0.4, -0.2) is 37.6 Å². The van der Waals surface area contributed by atoms with Gasteiger partial charge in [-0.1, -0.05) is 30.3 Å². The van der Waals surface area contributed by atoms with E-state index in [2.05, 4.69) is 10.6 Å². The van der Waals surface area contributed by atoms with Crippen molar-refractivity contribution in [1.82, 2.24) is 10.6 Å². The van der Waals surface area contributed by atoms with Gasteiger partial charge in [-0.3, -0.25) is 9.59 Å². The molecule has 122 valence electrons. The topological polar surface area (TPSA) is 93.4 Å². The number of rotatable bonds is 5. The number of benzene rings is 1. The molecule has 1 aliphatic rings. The minimum atomic E-state index is -1.21. The second-order valence-corrected chi connectivity index (χ2v) is 5.33. The SMILES string of the molecule is CC(NC(=O)CC1COCCN1)(C(N)=O)c1ccccc1.Cl.